The molecular formula is C19H21ClN4O2. The number of amides is 2. The summed E-state index contributed by atoms with van der Waals surface area (Å²) in [7, 11) is 0. The third-order valence-electron chi connectivity index (χ3n) is 4.42. The van der Waals surface area contributed by atoms with Crippen molar-refractivity contribution in [2.45, 2.75) is 6.92 Å². The second-order valence-corrected chi connectivity index (χ2v) is 6.57. The van der Waals surface area contributed by atoms with Crippen LogP contribution in [0.2, 0.25) is 5.02 Å². The molecule has 1 aromatic heterocycles. The predicted molar refractivity (Wildman–Crippen MR) is 103 cm³/mol. The largest absolute Gasteiger partial charge is 0.353 e. The maximum atomic E-state index is 12.7. The number of pyridine rings is 1. The van der Waals surface area contributed by atoms with Gasteiger partial charge in [0, 0.05) is 50.0 Å². The topological polar surface area (TPSA) is 56.8 Å². The number of hydrogen-bond acceptors (Lipinski definition) is 4. The molecule has 1 saturated heterocycles. The Bertz CT molecular complexity index is 759. The summed E-state index contributed by atoms with van der Waals surface area (Å²) in [5, 5.41) is 0.592. The van der Waals surface area contributed by atoms with Crippen molar-refractivity contribution in [1.82, 2.24) is 9.88 Å². The number of aromatic nitrogens is 1. The van der Waals surface area contributed by atoms with E-state index < -0.39 is 0 Å². The Morgan fingerprint density at radius 1 is 1.08 bits per heavy atom. The van der Waals surface area contributed by atoms with Gasteiger partial charge in [0.25, 0.3) is 0 Å². The summed E-state index contributed by atoms with van der Waals surface area (Å²) >= 11 is 5.90. The second-order valence-electron chi connectivity index (χ2n) is 6.14. The Hall–Kier alpha value is -2.60. The van der Waals surface area contributed by atoms with E-state index in [1.807, 2.05) is 18.2 Å². The van der Waals surface area contributed by atoms with E-state index in [9.17, 15) is 9.59 Å². The molecule has 0 spiro atoms. The number of rotatable bonds is 4. The highest BCUT2D eigenvalue weighted by molar-refractivity contribution is 6.30. The molecule has 0 unspecified atom stereocenters. The molecule has 0 bridgehead atoms. The lowest BCUT2D eigenvalue weighted by Crippen LogP contribution is -2.52. The minimum Gasteiger partial charge on any atom is -0.353 e. The van der Waals surface area contributed by atoms with Gasteiger partial charge in [-0.1, -0.05) is 17.7 Å². The zero-order chi connectivity index (χ0) is 18.5. The van der Waals surface area contributed by atoms with Gasteiger partial charge in [0.05, 0.1) is 0 Å². The van der Waals surface area contributed by atoms with E-state index in [0.717, 1.165) is 18.9 Å². The van der Waals surface area contributed by atoms with Crippen molar-refractivity contribution >= 4 is 34.9 Å². The van der Waals surface area contributed by atoms with Crippen molar-refractivity contribution in [1.29, 1.82) is 0 Å². The molecule has 0 saturated carbocycles. The van der Waals surface area contributed by atoms with Crippen molar-refractivity contribution in [2.24, 2.45) is 0 Å². The fourth-order valence-corrected chi connectivity index (χ4v) is 3.09. The van der Waals surface area contributed by atoms with E-state index in [1.54, 1.807) is 35.4 Å². The van der Waals surface area contributed by atoms with E-state index in [4.69, 9.17) is 11.6 Å². The molecule has 0 N–H and O–H groups in total. The van der Waals surface area contributed by atoms with Crippen molar-refractivity contribution in [3.8, 4) is 0 Å². The summed E-state index contributed by atoms with van der Waals surface area (Å²) < 4.78 is 0. The monoisotopic (exact) mass is 372 g/mol. The van der Waals surface area contributed by atoms with Crippen LogP contribution in [-0.4, -0.2) is 54.4 Å². The first-order valence-corrected chi connectivity index (χ1v) is 8.90. The lowest BCUT2D eigenvalue weighted by atomic mass is 10.2. The van der Waals surface area contributed by atoms with E-state index in [0.29, 0.717) is 23.8 Å². The summed E-state index contributed by atoms with van der Waals surface area (Å²) in [6, 6.07) is 12.7. The minimum atomic E-state index is -0.173. The Kier molecular flexibility index (Phi) is 5.73. The van der Waals surface area contributed by atoms with E-state index in [2.05, 4.69) is 9.88 Å². The van der Waals surface area contributed by atoms with Crippen molar-refractivity contribution < 1.29 is 9.59 Å². The summed E-state index contributed by atoms with van der Waals surface area (Å²) in [6.45, 7) is 4.17. The van der Waals surface area contributed by atoms with Gasteiger partial charge >= 0.3 is 0 Å². The molecule has 1 fully saturated rings. The van der Waals surface area contributed by atoms with Crippen molar-refractivity contribution in [3.63, 3.8) is 0 Å². The van der Waals surface area contributed by atoms with Crippen LogP contribution in [0.25, 0.3) is 0 Å². The Morgan fingerprint density at radius 2 is 1.77 bits per heavy atom. The number of nitrogens with zero attached hydrogens (tertiary/aromatic N) is 4. The van der Waals surface area contributed by atoms with Crippen LogP contribution in [0.5, 0.6) is 0 Å². The summed E-state index contributed by atoms with van der Waals surface area (Å²) in [6.07, 6.45) is 1.77. The smallest absolute Gasteiger partial charge is 0.242 e. The maximum absolute atomic E-state index is 12.7. The Labute approximate surface area is 158 Å². The van der Waals surface area contributed by atoms with Gasteiger partial charge in [-0.3, -0.25) is 9.59 Å². The van der Waals surface area contributed by atoms with E-state index in [-0.39, 0.29) is 18.4 Å². The average molecular weight is 373 g/mol. The summed E-state index contributed by atoms with van der Waals surface area (Å²) in [4.78, 5) is 34.4. The molecule has 26 heavy (non-hydrogen) atoms. The first-order valence-electron chi connectivity index (χ1n) is 8.52. The van der Waals surface area contributed by atoms with Crippen molar-refractivity contribution in [3.05, 3.63) is 53.7 Å². The molecule has 1 aliphatic rings. The van der Waals surface area contributed by atoms with E-state index >= 15 is 0 Å². The van der Waals surface area contributed by atoms with Gasteiger partial charge in [-0.15, -0.1) is 0 Å². The van der Waals surface area contributed by atoms with Gasteiger partial charge in [0.2, 0.25) is 11.8 Å². The quantitative estimate of drug-likeness (QED) is 0.827. The Morgan fingerprint density at radius 3 is 2.35 bits per heavy atom. The number of anilines is 2. The molecule has 7 heteroatoms. The molecule has 2 aromatic rings. The highest BCUT2D eigenvalue weighted by Gasteiger charge is 2.24. The molecule has 0 radical (unpaired) electrons. The first-order chi connectivity index (χ1) is 12.5. The van der Waals surface area contributed by atoms with Crippen LogP contribution in [0.4, 0.5) is 11.5 Å². The number of carbonyl (C=O) groups is 2. The molecule has 3 rings (SSSR count). The van der Waals surface area contributed by atoms with Crippen LogP contribution in [0.1, 0.15) is 6.92 Å². The summed E-state index contributed by atoms with van der Waals surface area (Å²) in [5.41, 5.74) is 0.669. The van der Waals surface area contributed by atoms with Crippen LogP contribution in [0.15, 0.2) is 48.7 Å². The summed E-state index contributed by atoms with van der Waals surface area (Å²) in [5.74, 6) is 0.690. The third kappa shape index (κ3) is 4.32. The van der Waals surface area contributed by atoms with Crippen LogP contribution in [0, 0.1) is 0 Å². The average Bonchev–Trinajstić information content (AvgIpc) is 2.67. The van der Waals surface area contributed by atoms with E-state index in [1.165, 1.54) is 11.8 Å². The zero-order valence-electron chi connectivity index (χ0n) is 14.6. The van der Waals surface area contributed by atoms with Crippen LogP contribution in [-0.2, 0) is 9.59 Å². The van der Waals surface area contributed by atoms with Gasteiger partial charge in [-0.25, -0.2) is 4.98 Å². The normalized spacial score (nSPS) is 14.2. The molecule has 136 valence electrons. The number of halogens is 1. The van der Waals surface area contributed by atoms with Gasteiger partial charge in [0.15, 0.2) is 0 Å². The predicted octanol–water partition coefficient (Wildman–Crippen LogP) is 2.44. The number of carbonyl (C=O) groups excluding carboxylic acids is 2. The molecule has 0 atom stereocenters. The van der Waals surface area contributed by atoms with Gasteiger partial charge in [-0.05, 0) is 36.4 Å². The second kappa shape index (κ2) is 8.19. The molecule has 0 aliphatic carbocycles. The molecule has 6 nitrogen and oxygen atoms in total. The standard InChI is InChI=1S/C19H21ClN4O2/c1-15(25)24(17-7-5-16(20)6-8-17)14-19(26)23-12-10-22(11-13-23)18-4-2-3-9-21-18/h2-9H,10-14H2,1H3. The maximum Gasteiger partial charge on any atom is 0.242 e. The number of benzene rings is 1. The molecule has 1 aromatic carbocycles. The van der Waals surface area contributed by atoms with Gasteiger partial charge < -0.3 is 14.7 Å². The van der Waals surface area contributed by atoms with Gasteiger partial charge in [-0.2, -0.15) is 0 Å². The Balaban J connectivity index is 1.60. The van der Waals surface area contributed by atoms with Crippen molar-refractivity contribution in [2.75, 3.05) is 42.5 Å². The fourth-order valence-electron chi connectivity index (χ4n) is 2.97. The first kappa shape index (κ1) is 18.2. The van der Waals surface area contributed by atoms with Crippen LogP contribution < -0.4 is 9.80 Å². The lowest BCUT2D eigenvalue weighted by Gasteiger charge is -2.36. The number of piperazine rings is 1. The highest BCUT2D eigenvalue weighted by Crippen LogP contribution is 2.19. The fraction of sp³-hybridized carbons (Fsp3) is 0.316. The van der Waals surface area contributed by atoms with Crippen LogP contribution in [0.3, 0.4) is 0 Å². The molecule has 2 heterocycles. The molecule has 2 amide bonds. The number of hydrogen-bond donors (Lipinski definition) is 0. The SMILES string of the molecule is CC(=O)N(CC(=O)N1CCN(c2ccccn2)CC1)c1ccc(Cl)cc1. The third-order valence-corrected chi connectivity index (χ3v) is 4.67. The zero-order valence-corrected chi connectivity index (χ0v) is 15.4. The minimum absolute atomic E-state index is 0.0283. The highest BCUT2D eigenvalue weighted by atomic mass is 35.5. The van der Waals surface area contributed by atoms with Gasteiger partial charge in [0.1, 0.15) is 12.4 Å². The lowest BCUT2D eigenvalue weighted by molar-refractivity contribution is -0.131. The molecular weight excluding hydrogens is 352 g/mol. The van der Waals surface area contributed by atoms with Crippen LogP contribution >= 0.6 is 11.6 Å². The molecule has 1 aliphatic heterocycles.